The Balaban J connectivity index is 1.90. The molecule has 10 nitrogen and oxygen atoms in total. The summed E-state index contributed by atoms with van der Waals surface area (Å²) < 4.78 is 7.01. The molecule has 3 rings (SSSR count). The summed E-state index contributed by atoms with van der Waals surface area (Å²) in [6, 6.07) is -0.142. The lowest BCUT2D eigenvalue weighted by molar-refractivity contribution is -0.116. The van der Waals surface area contributed by atoms with Gasteiger partial charge < -0.3 is 15.1 Å². The van der Waals surface area contributed by atoms with E-state index in [1.807, 2.05) is 27.7 Å². The molecule has 11 heteroatoms. The average Bonchev–Trinajstić information content (AvgIpc) is 3.40. The maximum Gasteiger partial charge on any atom is 0.330 e. The number of hydrogen-bond acceptors (Lipinski definition) is 8. The zero-order valence-electron chi connectivity index (χ0n) is 19.1. The van der Waals surface area contributed by atoms with Crippen molar-refractivity contribution in [2.75, 3.05) is 16.4 Å². The van der Waals surface area contributed by atoms with E-state index in [1.165, 1.54) is 9.47 Å². The van der Waals surface area contributed by atoms with Crippen LogP contribution in [-0.4, -0.2) is 37.5 Å². The minimum absolute atomic E-state index is 0.00917. The van der Waals surface area contributed by atoms with Gasteiger partial charge in [-0.3, -0.25) is 19.1 Å². The number of carbonyl (C=O) groups excluding carboxylic acids is 1. The molecule has 1 saturated carbocycles. The molecule has 0 unspecified atom stereocenters. The molecule has 3 N–H and O–H groups in total. The first-order chi connectivity index (χ1) is 15.1. The largest absolute Gasteiger partial charge is 0.415 e. The van der Waals surface area contributed by atoms with Crippen molar-refractivity contribution in [2.45, 2.75) is 89.4 Å². The van der Waals surface area contributed by atoms with Crippen molar-refractivity contribution < 1.29 is 9.21 Å². The van der Waals surface area contributed by atoms with Crippen LogP contribution in [0.15, 0.2) is 19.2 Å². The minimum atomic E-state index is -0.640. The number of unbranched alkanes of at least 4 members (excludes halogenated alkanes) is 1. The molecule has 176 valence electrons. The number of nitrogens with zero attached hydrogens (tertiary/aromatic N) is 4. The number of thioether (sulfide) groups is 1. The summed E-state index contributed by atoms with van der Waals surface area (Å²) in [5.74, 6) is 0.249. The van der Waals surface area contributed by atoms with Gasteiger partial charge in [0.15, 0.2) is 5.69 Å². The monoisotopic (exact) mass is 464 g/mol. The highest BCUT2D eigenvalue weighted by Gasteiger charge is 2.33. The highest BCUT2D eigenvalue weighted by Crippen LogP contribution is 2.31. The number of H-pyrrole nitrogens is 1. The van der Waals surface area contributed by atoms with Crippen LogP contribution in [0.4, 0.5) is 11.5 Å². The van der Waals surface area contributed by atoms with Gasteiger partial charge in [0.2, 0.25) is 11.8 Å². The summed E-state index contributed by atoms with van der Waals surface area (Å²) in [4.78, 5) is 42.3. The molecule has 2 aromatic rings. The van der Waals surface area contributed by atoms with Crippen LogP contribution in [0.25, 0.3) is 0 Å². The molecule has 32 heavy (non-hydrogen) atoms. The fourth-order valence-electron chi connectivity index (χ4n) is 3.79. The predicted molar refractivity (Wildman–Crippen MR) is 124 cm³/mol. The fourth-order valence-corrected chi connectivity index (χ4v) is 4.41. The third-order valence-corrected chi connectivity index (χ3v) is 6.32. The molecular formula is C21H32N6O4S. The number of nitrogens with one attached hydrogen (secondary N) is 1. The number of hydrogen-bond donors (Lipinski definition) is 2. The van der Waals surface area contributed by atoms with Crippen molar-refractivity contribution in [1.82, 2.24) is 19.7 Å². The van der Waals surface area contributed by atoms with E-state index >= 15 is 0 Å². The van der Waals surface area contributed by atoms with Gasteiger partial charge in [0.05, 0.1) is 5.75 Å². The van der Waals surface area contributed by atoms with Crippen LogP contribution < -0.4 is 21.9 Å². The summed E-state index contributed by atoms with van der Waals surface area (Å²) in [5.41, 5.74) is 4.86. The summed E-state index contributed by atoms with van der Waals surface area (Å²) in [5, 5.41) is 8.36. The lowest BCUT2D eigenvalue weighted by atomic mass is 9.97. The van der Waals surface area contributed by atoms with Gasteiger partial charge in [-0.1, -0.05) is 58.7 Å². The Morgan fingerprint density at radius 2 is 1.97 bits per heavy atom. The van der Waals surface area contributed by atoms with Crippen LogP contribution in [0.5, 0.6) is 0 Å². The lowest BCUT2D eigenvalue weighted by Gasteiger charge is -2.29. The Kier molecular flexibility index (Phi) is 7.47. The van der Waals surface area contributed by atoms with Gasteiger partial charge in [0, 0.05) is 18.0 Å². The van der Waals surface area contributed by atoms with Crippen molar-refractivity contribution in [3.63, 3.8) is 0 Å². The molecule has 1 aliphatic rings. The van der Waals surface area contributed by atoms with E-state index in [4.69, 9.17) is 10.2 Å². The van der Waals surface area contributed by atoms with Gasteiger partial charge >= 0.3 is 5.69 Å². The van der Waals surface area contributed by atoms with Crippen molar-refractivity contribution in [2.24, 2.45) is 0 Å². The van der Waals surface area contributed by atoms with Crippen molar-refractivity contribution in [3.8, 4) is 0 Å². The normalized spacial score (nSPS) is 14.8. The molecule has 1 fully saturated rings. The van der Waals surface area contributed by atoms with Gasteiger partial charge in [0.1, 0.15) is 5.82 Å². The zero-order chi connectivity index (χ0) is 23.5. The van der Waals surface area contributed by atoms with Crippen molar-refractivity contribution in [1.29, 1.82) is 0 Å². The predicted octanol–water partition coefficient (Wildman–Crippen LogP) is 2.67. The molecule has 0 atom stereocenters. The first kappa shape index (κ1) is 24.1. The molecule has 1 aliphatic carbocycles. The maximum atomic E-state index is 13.3. The van der Waals surface area contributed by atoms with Crippen LogP contribution in [-0.2, 0) is 16.8 Å². The number of aromatic nitrogens is 4. The third-order valence-electron chi connectivity index (χ3n) is 5.52. The first-order valence-corrected chi connectivity index (χ1v) is 12.0. The Labute approximate surface area is 191 Å². The Morgan fingerprint density at radius 3 is 2.56 bits per heavy atom. The van der Waals surface area contributed by atoms with Crippen LogP contribution in [0.3, 0.4) is 0 Å². The minimum Gasteiger partial charge on any atom is -0.415 e. The second-order valence-electron chi connectivity index (χ2n) is 9.11. The molecule has 1 amide bonds. The summed E-state index contributed by atoms with van der Waals surface area (Å²) in [7, 11) is 0. The Bertz CT molecular complexity index is 1060. The highest BCUT2D eigenvalue weighted by atomic mass is 32.2. The van der Waals surface area contributed by atoms with Crippen LogP contribution in [0.2, 0.25) is 0 Å². The number of amides is 1. The Morgan fingerprint density at radius 1 is 1.28 bits per heavy atom. The zero-order valence-corrected chi connectivity index (χ0v) is 20.0. The molecule has 0 spiro atoms. The second-order valence-corrected chi connectivity index (χ2v) is 10.0. The summed E-state index contributed by atoms with van der Waals surface area (Å²) >= 11 is 1.13. The topological polar surface area (TPSA) is 140 Å². The van der Waals surface area contributed by atoms with E-state index in [0.29, 0.717) is 17.7 Å². The third kappa shape index (κ3) is 5.25. The quantitative estimate of drug-likeness (QED) is 0.568. The lowest BCUT2D eigenvalue weighted by Crippen LogP contribution is -2.46. The van der Waals surface area contributed by atoms with Gasteiger partial charge in [-0.2, -0.15) is 0 Å². The second kappa shape index (κ2) is 9.93. The van der Waals surface area contributed by atoms with Gasteiger partial charge in [0.25, 0.3) is 10.8 Å². The molecular weight excluding hydrogens is 432 g/mol. The fraction of sp³-hybridized carbons (Fsp3) is 0.667. The number of rotatable bonds is 8. The van der Waals surface area contributed by atoms with E-state index in [2.05, 4.69) is 15.2 Å². The summed E-state index contributed by atoms with van der Waals surface area (Å²) in [6.45, 7) is 8.27. The summed E-state index contributed by atoms with van der Waals surface area (Å²) in [6.07, 6.45) is 5.08. The van der Waals surface area contributed by atoms with Crippen molar-refractivity contribution in [3.05, 3.63) is 26.7 Å². The van der Waals surface area contributed by atoms with Gasteiger partial charge in [-0.25, -0.2) is 4.79 Å². The Hall–Kier alpha value is -2.56. The van der Waals surface area contributed by atoms with E-state index in [0.717, 1.165) is 50.3 Å². The van der Waals surface area contributed by atoms with Gasteiger partial charge in [-0.05, 0) is 19.3 Å². The molecule has 2 aromatic heterocycles. The van der Waals surface area contributed by atoms with Crippen molar-refractivity contribution >= 4 is 29.2 Å². The van der Waals surface area contributed by atoms with Gasteiger partial charge in [-0.15, -0.1) is 10.2 Å². The highest BCUT2D eigenvalue weighted by molar-refractivity contribution is 7.99. The van der Waals surface area contributed by atoms with Crippen LogP contribution in [0, 0.1) is 0 Å². The van der Waals surface area contributed by atoms with Crippen LogP contribution >= 0.6 is 11.8 Å². The number of nitrogen functional groups attached to an aromatic ring is 1. The van der Waals surface area contributed by atoms with E-state index < -0.39 is 11.2 Å². The first-order valence-electron chi connectivity index (χ1n) is 11.0. The van der Waals surface area contributed by atoms with E-state index in [9.17, 15) is 14.4 Å². The van der Waals surface area contributed by atoms with E-state index in [-0.39, 0.29) is 34.6 Å². The molecule has 2 heterocycles. The molecule has 0 radical (unpaired) electrons. The molecule has 0 aromatic carbocycles. The maximum absolute atomic E-state index is 13.3. The SMILES string of the molecule is CCCCn1c(N)c(N(C(=O)CSc2nnc(C(C)(C)C)o2)C2CCCC2)c(=O)[nH]c1=O. The smallest absolute Gasteiger partial charge is 0.330 e. The molecule has 0 bridgehead atoms. The standard InChI is InChI=1S/C21H32N6O4S/c1-5-6-11-26-16(22)15(17(29)23-19(26)30)27(13-9-7-8-10-13)14(28)12-32-20-25-24-18(31-20)21(2,3)4/h13H,5-12,22H2,1-4H3,(H,23,29,30). The van der Waals surface area contributed by atoms with E-state index in [1.54, 1.807) is 0 Å². The average molecular weight is 465 g/mol. The number of anilines is 2. The number of carbonyl (C=O) groups is 1. The number of aromatic amines is 1. The number of nitrogens with two attached hydrogens (primary N) is 1. The molecule has 0 aliphatic heterocycles. The van der Waals surface area contributed by atoms with Crippen LogP contribution in [0.1, 0.15) is 72.1 Å². The molecule has 0 saturated heterocycles.